The van der Waals surface area contributed by atoms with Gasteiger partial charge < -0.3 is 4.74 Å². The number of carbonyl (C=O) groups is 1. The Bertz CT molecular complexity index is 537. The minimum atomic E-state index is -0.741. The first-order chi connectivity index (χ1) is 8.79. The number of hydrogen-bond donors (Lipinski definition) is 0. The van der Waals surface area contributed by atoms with Crippen molar-refractivity contribution in [3.05, 3.63) is 26.6 Å². The van der Waals surface area contributed by atoms with Gasteiger partial charge in [0.05, 0.1) is 7.11 Å². The van der Waals surface area contributed by atoms with Crippen molar-refractivity contribution < 1.29 is 9.53 Å². The highest BCUT2D eigenvalue weighted by Crippen LogP contribution is 2.19. The van der Waals surface area contributed by atoms with E-state index in [1.807, 2.05) is 13.8 Å². The van der Waals surface area contributed by atoms with Crippen molar-refractivity contribution in [3.63, 3.8) is 0 Å². The van der Waals surface area contributed by atoms with Crippen molar-refractivity contribution in [2.24, 2.45) is 5.92 Å². The highest BCUT2D eigenvalue weighted by molar-refractivity contribution is 6.30. The maximum absolute atomic E-state index is 12.2. The zero-order valence-electron chi connectivity index (χ0n) is 11.9. The predicted molar refractivity (Wildman–Crippen MR) is 73.5 cm³/mol. The van der Waals surface area contributed by atoms with Crippen LogP contribution in [-0.2, 0) is 9.53 Å². The van der Waals surface area contributed by atoms with Crippen LogP contribution < -0.4 is 5.56 Å². The molecule has 0 aromatic carbocycles. The van der Waals surface area contributed by atoms with Gasteiger partial charge in [0.25, 0.3) is 5.56 Å². The molecular weight excluding hydrogens is 268 g/mol. The van der Waals surface area contributed by atoms with Gasteiger partial charge in [0.2, 0.25) is 0 Å². The molecule has 0 aliphatic heterocycles. The summed E-state index contributed by atoms with van der Waals surface area (Å²) in [6.07, 6.45) is 0.471. The van der Waals surface area contributed by atoms with Gasteiger partial charge in [0.15, 0.2) is 11.2 Å². The maximum atomic E-state index is 12.2. The molecular formula is C13H19ClN2O3. The minimum Gasteiger partial charge on any atom is -0.467 e. The second kappa shape index (κ2) is 6.19. The Morgan fingerprint density at radius 1 is 1.37 bits per heavy atom. The van der Waals surface area contributed by atoms with E-state index < -0.39 is 12.0 Å². The normalized spacial score (nSPS) is 12.6. The average molecular weight is 287 g/mol. The number of ether oxygens (including phenoxy) is 1. The molecule has 0 bridgehead atoms. The first kappa shape index (κ1) is 15.7. The monoisotopic (exact) mass is 286 g/mol. The van der Waals surface area contributed by atoms with Gasteiger partial charge in [-0.15, -0.1) is 0 Å². The SMILES string of the molecule is COC(=O)C(CC(C)C)n1nc(Cl)c(C)c(C)c1=O. The van der Waals surface area contributed by atoms with Crippen LogP contribution in [0, 0.1) is 19.8 Å². The van der Waals surface area contributed by atoms with E-state index in [0.717, 1.165) is 4.68 Å². The summed E-state index contributed by atoms with van der Waals surface area (Å²) in [6, 6.07) is -0.741. The molecule has 1 atom stereocenters. The highest BCUT2D eigenvalue weighted by Gasteiger charge is 2.26. The molecule has 0 amide bonds. The van der Waals surface area contributed by atoms with Crippen LogP contribution in [0.5, 0.6) is 0 Å². The number of carbonyl (C=O) groups excluding carboxylic acids is 1. The number of methoxy groups -OCH3 is 1. The fourth-order valence-electron chi connectivity index (χ4n) is 1.79. The first-order valence-electron chi connectivity index (χ1n) is 6.12. The Morgan fingerprint density at radius 3 is 2.42 bits per heavy atom. The first-order valence-corrected chi connectivity index (χ1v) is 6.50. The molecule has 0 N–H and O–H groups in total. The van der Waals surface area contributed by atoms with E-state index in [9.17, 15) is 9.59 Å². The summed E-state index contributed by atoms with van der Waals surface area (Å²) in [5, 5.41) is 4.26. The van der Waals surface area contributed by atoms with Crippen molar-refractivity contribution in [3.8, 4) is 0 Å². The summed E-state index contributed by atoms with van der Waals surface area (Å²) in [7, 11) is 1.29. The third kappa shape index (κ3) is 3.35. The highest BCUT2D eigenvalue weighted by atomic mass is 35.5. The van der Waals surface area contributed by atoms with Crippen LogP contribution in [0.1, 0.15) is 37.4 Å². The zero-order valence-corrected chi connectivity index (χ0v) is 12.6. The fourth-order valence-corrected chi connectivity index (χ4v) is 2.01. The molecule has 0 fully saturated rings. The molecule has 0 spiro atoms. The van der Waals surface area contributed by atoms with Crippen molar-refractivity contribution in [1.82, 2.24) is 9.78 Å². The number of esters is 1. The van der Waals surface area contributed by atoms with Crippen molar-refractivity contribution >= 4 is 17.6 Å². The van der Waals surface area contributed by atoms with Crippen LogP contribution in [0.15, 0.2) is 4.79 Å². The van der Waals surface area contributed by atoms with Crippen LogP contribution >= 0.6 is 11.6 Å². The van der Waals surface area contributed by atoms with Gasteiger partial charge in [-0.2, -0.15) is 5.10 Å². The van der Waals surface area contributed by atoms with Gasteiger partial charge in [-0.3, -0.25) is 4.79 Å². The summed E-state index contributed by atoms with van der Waals surface area (Å²) >= 11 is 6.00. The number of rotatable bonds is 4. The summed E-state index contributed by atoms with van der Waals surface area (Å²) in [5.41, 5.74) is 0.826. The van der Waals surface area contributed by atoms with Crippen LogP contribution in [0.2, 0.25) is 5.15 Å². The lowest BCUT2D eigenvalue weighted by molar-refractivity contribution is -0.145. The van der Waals surface area contributed by atoms with Crippen LogP contribution in [0.25, 0.3) is 0 Å². The largest absolute Gasteiger partial charge is 0.467 e. The van der Waals surface area contributed by atoms with E-state index in [1.54, 1.807) is 13.8 Å². The van der Waals surface area contributed by atoms with Gasteiger partial charge in [-0.1, -0.05) is 25.4 Å². The van der Waals surface area contributed by atoms with E-state index in [1.165, 1.54) is 7.11 Å². The molecule has 106 valence electrons. The molecule has 1 unspecified atom stereocenters. The zero-order chi connectivity index (χ0) is 14.7. The van der Waals surface area contributed by atoms with Gasteiger partial charge in [-0.05, 0) is 31.7 Å². The van der Waals surface area contributed by atoms with Gasteiger partial charge in [0.1, 0.15) is 0 Å². The number of aromatic nitrogens is 2. The van der Waals surface area contributed by atoms with Gasteiger partial charge in [-0.25, -0.2) is 9.48 Å². The summed E-state index contributed by atoms with van der Waals surface area (Å²) < 4.78 is 5.89. The van der Waals surface area contributed by atoms with E-state index >= 15 is 0 Å². The predicted octanol–water partition coefficient (Wildman–Crippen LogP) is 2.27. The van der Waals surface area contributed by atoms with E-state index in [-0.39, 0.29) is 16.6 Å². The number of halogens is 1. The Morgan fingerprint density at radius 2 is 1.95 bits per heavy atom. The Labute approximate surface area is 117 Å². The molecule has 1 heterocycles. The van der Waals surface area contributed by atoms with E-state index in [0.29, 0.717) is 17.5 Å². The maximum Gasteiger partial charge on any atom is 0.330 e. The van der Waals surface area contributed by atoms with Crippen molar-refractivity contribution in [2.45, 2.75) is 40.2 Å². The topological polar surface area (TPSA) is 61.2 Å². The number of nitrogens with zero attached hydrogens (tertiary/aromatic N) is 2. The molecule has 6 heteroatoms. The molecule has 1 aromatic heterocycles. The summed E-state index contributed by atoms with van der Waals surface area (Å²) in [5.74, 6) is -0.263. The standard InChI is InChI=1S/C13H19ClN2O3/c1-7(2)6-10(13(18)19-5)16-12(17)9(4)8(3)11(14)15-16/h7,10H,6H2,1-5H3. The Balaban J connectivity index is 3.38. The van der Waals surface area contributed by atoms with Gasteiger partial charge >= 0.3 is 5.97 Å². The van der Waals surface area contributed by atoms with Crippen LogP contribution in [0.4, 0.5) is 0 Å². The molecule has 0 saturated carbocycles. The molecule has 0 saturated heterocycles. The molecule has 0 aliphatic rings. The third-order valence-electron chi connectivity index (χ3n) is 3.06. The fraction of sp³-hybridized carbons (Fsp3) is 0.615. The Kier molecular flexibility index (Phi) is 5.11. The smallest absolute Gasteiger partial charge is 0.330 e. The number of hydrogen-bond acceptors (Lipinski definition) is 4. The second-order valence-corrected chi connectivity index (χ2v) is 5.32. The quantitative estimate of drug-likeness (QED) is 0.797. The second-order valence-electron chi connectivity index (χ2n) is 4.96. The summed E-state index contributed by atoms with van der Waals surface area (Å²) in [4.78, 5) is 24.1. The third-order valence-corrected chi connectivity index (χ3v) is 3.42. The molecule has 0 aliphatic carbocycles. The molecule has 5 nitrogen and oxygen atoms in total. The minimum absolute atomic E-state index is 0.221. The van der Waals surface area contributed by atoms with Gasteiger partial charge in [0, 0.05) is 5.56 Å². The lowest BCUT2D eigenvalue weighted by atomic mass is 10.0. The Hall–Kier alpha value is -1.36. The molecule has 1 aromatic rings. The average Bonchev–Trinajstić information content (AvgIpc) is 2.37. The lowest BCUT2D eigenvalue weighted by Crippen LogP contribution is -2.35. The van der Waals surface area contributed by atoms with Crippen molar-refractivity contribution in [2.75, 3.05) is 7.11 Å². The van der Waals surface area contributed by atoms with Crippen molar-refractivity contribution in [1.29, 1.82) is 0 Å². The van der Waals surface area contributed by atoms with Crippen LogP contribution in [-0.4, -0.2) is 22.9 Å². The van der Waals surface area contributed by atoms with E-state index in [4.69, 9.17) is 16.3 Å². The molecule has 19 heavy (non-hydrogen) atoms. The molecule has 0 radical (unpaired) electrons. The summed E-state index contributed by atoms with van der Waals surface area (Å²) in [6.45, 7) is 7.32. The van der Waals surface area contributed by atoms with Crippen LogP contribution in [0.3, 0.4) is 0 Å². The molecule has 1 rings (SSSR count). The lowest BCUT2D eigenvalue weighted by Gasteiger charge is -2.19. The van der Waals surface area contributed by atoms with E-state index in [2.05, 4.69) is 5.10 Å².